The highest BCUT2D eigenvalue weighted by Gasteiger charge is 2.35. The standard InChI is InChI=1S/C28H27ClN6O.C23H24N4O3.C22H22ClN5O2/c1-16-5-6-17(15-32-16)13-23(36)18-7-9-19(10-8-18)28-34-25(26-27(30)31-11-12-35(26)28)22-14-20-3-2-4-21(29)24(20)33-22;1-13-4-3-5-16-12-17(30-20(13)16)18-19-21(24)25-10-11-27(19)22(26-18)14-6-8-15(9-7-14)23(28)29-2;1-30-22(29)13-7-5-12(6-8-13)21-27-18(19-20(24)25-9-10-28(19)21)16-11-14-3-2-4-15(23)17(14)26-16/h2-6,11-12,14-15,18-19,33H,7-10,13H2,1H3,(H2,30,31);3-5,10-12,14-15H,6-9H2,1-2H3,(H2,24,25);2-4,9-13,26H,5-8H2,1H3,(H2,24,25). The van der Waals surface area contributed by atoms with Crippen LogP contribution in [0.5, 0.6) is 0 Å². The lowest BCUT2D eigenvalue weighted by atomic mass is 9.78. The van der Waals surface area contributed by atoms with E-state index in [0.717, 1.165) is 183 Å². The molecule has 16 rings (SSSR count). The molecule has 0 bridgehead atoms. The number of aromatic nitrogens is 12. The zero-order chi connectivity index (χ0) is 66.5. The van der Waals surface area contributed by atoms with E-state index in [0.29, 0.717) is 51.2 Å². The van der Waals surface area contributed by atoms with E-state index in [-0.39, 0.29) is 47.4 Å². The molecular weight excluding hydrogens is 1250 g/mol. The first-order valence-electron chi connectivity index (χ1n) is 32.6. The summed E-state index contributed by atoms with van der Waals surface area (Å²) in [6, 6.07) is 27.7. The number of pyridine rings is 1. The zero-order valence-corrected chi connectivity index (χ0v) is 55.2. The summed E-state index contributed by atoms with van der Waals surface area (Å²) in [4.78, 5) is 75.9. The molecule has 0 spiro atoms. The molecule has 23 heteroatoms. The quantitative estimate of drug-likeness (QED) is 0.0752. The summed E-state index contributed by atoms with van der Waals surface area (Å²) in [6.07, 6.45) is 23.3. The molecule has 0 radical (unpaired) electrons. The normalized spacial score (nSPS) is 18.9. The molecule has 10 aromatic heterocycles. The molecule has 0 amide bonds. The minimum absolute atomic E-state index is 0.0259. The number of nitrogens with zero attached hydrogens (tertiary/aromatic N) is 10. The summed E-state index contributed by atoms with van der Waals surface area (Å²) >= 11 is 12.8. The predicted molar refractivity (Wildman–Crippen MR) is 373 cm³/mol. The van der Waals surface area contributed by atoms with E-state index in [1.165, 1.54) is 14.2 Å². The summed E-state index contributed by atoms with van der Waals surface area (Å²) in [5.74, 6) is 5.63. The number of anilines is 3. The maximum absolute atomic E-state index is 13.0. The van der Waals surface area contributed by atoms with E-state index in [2.05, 4.69) is 40.4 Å². The Labute approximate surface area is 562 Å². The van der Waals surface area contributed by atoms with Gasteiger partial charge in [0.15, 0.2) is 5.76 Å². The predicted octanol–water partition coefficient (Wildman–Crippen LogP) is 14.9. The number of ether oxygens (including phenoxy) is 2. The molecule has 3 aliphatic rings. The maximum atomic E-state index is 13.0. The number of carbonyl (C=O) groups is 3. The number of hydrogen-bond donors (Lipinski definition) is 5. The molecule has 3 aromatic carbocycles. The Morgan fingerprint density at radius 1 is 0.531 bits per heavy atom. The van der Waals surface area contributed by atoms with Crippen LogP contribution in [0.3, 0.4) is 0 Å². The van der Waals surface area contributed by atoms with Crippen LogP contribution in [0.1, 0.15) is 129 Å². The van der Waals surface area contributed by atoms with Gasteiger partial charge in [-0.1, -0.05) is 71.7 Å². The molecule has 0 saturated heterocycles. The van der Waals surface area contributed by atoms with Crippen molar-refractivity contribution >= 4 is 108 Å². The van der Waals surface area contributed by atoms with E-state index in [1.54, 1.807) is 18.6 Å². The third kappa shape index (κ3) is 12.1. The van der Waals surface area contributed by atoms with Gasteiger partial charge in [0, 0.05) is 95.3 Å². The van der Waals surface area contributed by atoms with Gasteiger partial charge in [-0.15, -0.1) is 0 Å². The fourth-order valence-corrected chi connectivity index (χ4v) is 15.1. The van der Waals surface area contributed by atoms with Crippen molar-refractivity contribution in [3.63, 3.8) is 0 Å². The Kier molecular flexibility index (Phi) is 17.5. The number of halogens is 2. The third-order valence-corrected chi connectivity index (χ3v) is 20.3. The molecule has 3 saturated carbocycles. The third-order valence-electron chi connectivity index (χ3n) is 19.7. The molecule has 3 fully saturated rings. The number of para-hydroxylation sites is 3. The van der Waals surface area contributed by atoms with Gasteiger partial charge in [0.25, 0.3) is 0 Å². The van der Waals surface area contributed by atoms with Crippen molar-refractivity contribution in [2.45, 2.75) is 115 Å². The molecule has 8 N–H and O–H groups in total. The van der Waals surface area contributed by atoms with Gasteiger partial charge in [0.1, 0.15) is 79.9 Å². The SMILES string of the molecule is COC(=O)C1CCC(c2nc(-c3cc4cccc(C)c4o3)c3c(N)nccn23)CC1.COC(=O)C1CCC(c2nc(-c3cc4cccc(Cl)c4[nH]3)c3c(N)nccn23)CC1.Cc1ccc(CC(=O)C2CCC(c3nc(-c4cc5cccc(Cl)c5[nH]4)c4c(N)nccn34)CC2)cn1. The van der Waals surface area contributed by atoms with E-state index in [1.807, 2.05) is 126 Å². The number of aryl methyl sites for hydroxylation is 2. The number of furan rings is 1. The molecule has 96 heavy (non-hydrogen) atoms. The van der Waals surface area contributed by atoms with Gasteiger partial charge in [-0.2, -0.15) is 0 Å². The number of nitrogens with one attached hydrogen (secondary N) is 2. The van der Waals surface area contributed by atoms with Crippen molar-refractivity contribution in [3.8, 4) is 34.2 Å². The van der Waals surface area contributed by atoms with Gasteiger partial charge in [0.2, 0.25) is 0 Å². The number of imidazole rings is 3. The number of Topliss-reactive ketones (excluding diaryl/α,β-unsaturated/α-hetero) is 1. The van der Waals surface area contributed by atoms with Crippen LogP contribution >= 0.6 is 23.2 Å². The number of carbonyl (C=O) groups excluding carboxylic acids is 3. The minimum atomic E-state index is -0.120. The summed E-state index contributed by atoms with van der Waals surface area (Å²) in [6.45, 7) is 3.98. The van der Waals surface area contributed by atoms with Crippen molar-refractivity contribution in [2.24, 2.45) is 17.8 Å². The van der Waals surface area contributed by atoms with Crippen molar-refractivity contribution in [3.05, 3.63) is 173 Å². The largest absolute Gasteiger partial charge is 0.469 e. The van der Waals surface area contributed by atoms with Gasteiger partial charge in [-0.25, -0.2) is 29.9 Å². The molecule has 21 nitrogen and oxygen atoms in total. The Hall–Kier alpha value is -10.1. The average Bonchev–Trinajstić information content (AvgIpc) is 1.63. The summed E-state index contributed by atoms with van der Waals surface area (Å²) in [5.41, 5.74) is 30.8. The van der Waals surface area contributed by atoms with Crippen molar-refractivity contribution in [2.75, 3.05) is 31.4 Å². The Balaban J connectivity index is 0.000000125. The molecule has 0 aliphatic heterocycles. The van der Waals surface area contributed by atoms with E-state index >= 15 is 0 Å². The zero-order valence-electron chi connectivity index (χ0n) is 53.7. The second kappa shape index (κ2) is 26.6. The van der Waals surface area contributed by atoms with Crippen LogP contribution in [0.25, 0.3) is 83.6 Å². The summed E-state index contributed by atoms with van der Waals surface area (Å²) in [7, 11) is 2.90. The summed E-state index contributed by atoms with van der Waals surface area (Å²) < 4.78 is 22.2. The first kappa shape index (κ1) is 63.3. The fraction of sp³-hybridized carbons (Fsp3) is 0.315. The number of nitrogens with two attached hydrogens (primary N) is 3. The number of fused-ring (bicyclic) bond motifs is 6. The first-order valence-corrected chi connectivity index (χ1v) is 33.4. The van der Waals surface area contributed by atoms with Gasteiger partial charge in [-0.05, 0) is 138 Å². The second-order valence-corrected chi connectivity index (χ2v) is 26.4. The fourth-order valence-electron chi connectivity index (χ4n) is 14.6. The highest BCUT2D eigenvalue weighted by Crippen LogP contribution is 2.44. The van der Waals surface area contributed by atoms with Crippen molar-refractivity contribution in [1.29, 1.82) is 0 Å². The Morgan fingerprint density at radius 2 is 0.958 bits per heavy atom. The van der Waals surface area contributed by atoms with Crippen LogP contribution in [-0.2, 0) is 30.3 Å². The number of rotatable bonds is 11. The number of aromatic amines is 2. The molecule has 13 aromatic rings. The molecular formula is C73H73Cl2N15O6. The summed E-state index contributed by atoms with van der Waals surface area (Å²) in [5, 5.41) is 4.40. The topological polar surface area (TPSA) is 296 Å². The van der Waals surface area contributed by atoms with Crippen molar-refractivity contribution in [1.82, 2.24) is 58.1 Å². The Morgan fingerprint density at radius 3 is 1.39 bits per heavy atom. The van der Waals surface area contributed by atoms with Crippen LogP contribution in [0.2, 0.25) is 10.0 Å². The van der Waals surface area contributed by atoms with Gasteiger partial charge < -0.3 is 41.1 Å². The average molecular weight is 1330 g/mol. The van der Waals surface area contributed by atoms with Gasteiger partial charge in [0.05, 0.1) is 58.5 Å². The van der Waals surface area contributed by atoms with Crippen LogP contribution in [0.4, 0.5) is 17.5 Å². The van der Waals surface area contributed by atoms with Crippen LogP contribution in [-0.4, -0.2) is 90.0 Å². The number of ketones is 1. The van der Waals surface area contributed by atoms with Gasteiger partial charge >= 0.3 is 11.9 Å². The van der Waals surface area contributed by atoms with Gasteiger partial charge in [-0.3, -0.25) is 32.6 Å². The van der Waals surface area contributed by atoms with E-state index in [9.17, 15) is 14.4 Å². The molecule has 0 unspecified atom stereocenters. The first-order chi connectivity index (χ1) is 46.6. The lowest BCUT2D eigenvalue weighted by molar-refractivity contribution is -0.147. The number of methoxy groups -OCH3 is 2. The highest BCUT2D eigenvalue weighted by atomic mass is 35.5. The lowest BCUT2D eigenvalue weighted by Crippen LogP contribution is -2.23. The van der Waals surface area contributed by atoms with Crippen molar-refractivity contribution < 1.29 is 28.3 Å². The number of hydrogen-bond acceptors (Lipinski definition) is 16. The van der Waals surface area contributed by atoms with Crippen LogP contribution in [0, 0.1) is 31.6 Å². The van der Waals surface area contributed by atoms with Crippen LogP contribution in [0.15, 0.2) is 133 Å². The lowest BCUT2D eigenvalue weighted by Gasteiger charge is -2.27. The number of H-pyrrole nitrogens is 2. The molecule has 490 valence electrons. The number of esters is 2. The maximum Gasteiger partial charge on any atom is 0.308 e. The minimum Gasteiger partial charge on any atom is -0.469 e. The Bertz CT molecular complexity index is 4880. The molecule has 10 heterocycles. The number of benzene rings is 3. The highest BCUT2D eigenvalue weighted by molar-refractivity contribution is 6.35. The van der Waals surface area contributed by atoms with Crippen LogP contribution < -0.4 is 17.2 Å². The second-order valence-electron chi connectivity index (χ2n) is 25.6. The molecule has 3 aliphatic carbocycles. The monoisotopic (exact) mass is 1330 g/mol. The molecule has 0 atom stereocenters. The smallest absolute Gasteiger partial charge is 0.308 e. The number of nitrogen functional groups attached to an aromatic ring is 3. The van der Waals surface area contributed by atoms with E-state index in [4.69, 9.17) is 69.2 Å². The van der Waals surface area contributed by atoms with E-state index < -0.39 is 0 Å².